The molecule has 0 aliphatic carbocycles. The lowest BCUT2D eigenvalue weighted by Crippen LogP contribution is -2.36. The normalized spacial score (nSPS) is 23.0. The highest BCUT2D eigenvalue weighted by molar-refractivity contribution is 6.39. The Balaban J connectivity index is 1.29. The molecule has 25 heavy (non-hydrogen) atoms. The zero-order chi connectivity index (χ0) is 17.3. The molecule has 2 aliphatic heterocycles. The van der Waals surface area contributed by atoms with Gasteiger partial charge < -0.3 is 19.0 Å². The average molecular weight is 343 g/mol. The molecular weight excluding hydrogens is 322 g/mol. The van der Waals surface area contributed by atoms with Crippen LogP contribution in [-0.4, -0.2) is 35.2 Å². The largest absolute Gasteiger partial charge is 0.467 e. The number of rotatable bonds is 5. The second-order valence-electron chi connectivity index (χ2n) is 6.72. The second kappa shape index (κ2) is 6.40. The van der Waals surface area contributed by atoms with Crippen LogP contribution >= 0.6 is 0 Å². The molecule has 1 fully saturated rings. The molecule has 0 bridgehead atoms. The Morgan fingerprint density at radius 3 is 3.04 bits per heavy atom. The highest BCUT2D eigenvalue weighted by Gasteiger charge is 2.46. The molecule has 132 valence electrons. The van der Waals surface area contributed by atoms with Crippen LogP contribution in [0.4, 0.5) is 0 Å². The van der Waals surface area contributed by atoms with Crippen LogP contribution in [0, 0.1) is 6.92 Å². The molecule has 4 heterocycles. The molecule has 0 radical (unpaired) electrons. The Hall–Kier alpha value is -2.54. The van der Waals surface area contributed by atoms with Gasteiger partial charge in [0.1, 0.15) is 23.0 Å². The number of hydrogen-bond donors (Lipinski definition) is 1. The zero-order valence-electron chi connectivity index (χ0n) is 14.2. The third-order valence-electron chi connectivity index (χ3n) is 4.68. The predicted molar refractivity (Wildman–Crippen MR) is 89.8 cm³/mol. The molecule has 0 aromatic carbocycles. The van der Waals surface area contributed by atoms with Crippen LogP contribution < -0.4 is 5.32 Å². The summed E-state index contributed by atoms with van der Waals surface area (Å²) in [5.41, 5.74) is 0.0566. The molecule has 2 aliphatic rings. The number of aryl methyl sites for hydroxylation is 1. The van der Waals surface area contributed by atoms with Gasteiger partial charge in [-0.1, -0.05) is 5.16 Å². The van der Waals surface area contributed by atoms with Gasteiger partial charge in [0.2, 0.25) is 0 Å². The first-order valence-corrected chi connectivity index (χ1v) is 8.45. The van der Waals surface area contributed by atoms with Crippen LogP contribution in [0.25, 0.3) is 0 Å². The first kappa shape index (κ1) is 16.0. The van der Waals surface area contributed by atoms with Crippen molar-refractivity contribution in [3.05, 3.63) is 47.8 Å². The number of hydrogen-bond acceptors (Lipinski definition) is 6. The van der Waals surface area contributed by atoms with E-state index in [9.17, 15) is 4.79 Å². The van der Waals surface area contributed by atoms with Gasteiger partial charge in [0.05, 0.1) is 19.4 Å². The van der Waals surface area contributed by atoms with E-state index >= 15 is 0 Å². The fraction of sp³-hybridized carbons (Fsp3) is 0.444. The Morgan fingerprint density at radius 1 is 1.36 bits per heavy atom. The van der Waals surface area contributed by atoms with Gasteiger partial charge in [0.25, 0.3) is 5.91 Å². The fourth-order valence-corrected chi connectivity index (χ4v) is 3.40. The van der Waals surface area contributed by atoms with Gasteiger partial charge in [-0.2, -0.15) is 0 Å². The molecule has 2 aromatic rings. The Morgan fingerprint density at radius 2 is 2.28 bits per heavy atom. The standard InChI is InChI=1S/C18H21N3O4/c1-13-4-5-15(24-13)11-21-7-6-18(12-21)9-16(20-25-18)17(22)19-10-14-3-2-8-23-14/h2-5,8H,6-7,9-12H2,1H3,(H,19,22)/t18-/m0/s1. The number of furan rings is 2. The number of nitrogens with zero attached hydrogens (tertiary/aromatic N) is 2. The lowest BCUT2D eigenvalue weighted by molar-refractivity contribution is -0.115. The average Bonchev–Trinajstić information content (AvgIpc) is 3.37. The van der Waals surface area contributed by atoms with Crippen molar-refractivity contribution in [2.24, 2.45) is 5.16 Å². The Bertz CT molecular complexity index is 780. The summed E-state index contributed by atoms with van der Waals surface area (Å²) < 4.78 is 10.8. The molecule has 1 N–H and O–H groups in total. The SMILES string of the molecule is Cc1ccc(CN2CC[C@]3(CC(C(=O)NCc4ccco4)=NO3)C2)o1. The summed E-state index contributed by atoms with van der Waals surface area (Å²) in [6, 6.07) is 7.58. The van der Waals surface area contributed by atoms with Crippen LogP contribution in [0.2, 0.25) is 0 Å². The fourth-order valence-electron chi connectivity index (χ4n) is 3.40. The number of amides is 1. The van der Waals surface area contributed by atoms with Crippen LogP contribution in [0.3, 0.4) is 0 Å². The molecule has 1 spiro atoms. The molecule has 1 saturated heterocycles. The van der Waals surface area contributed by atoms with E-state index in [2.05, 4.69) is 15.4 Å². The third-order valence-corrected chi connectivity index (χ3v) is 4.68. The second-order valence-corrected chi connectivity index (χ2v) is 6.72. The van der Waals surface area contributed by atoms with E-state index in [0.717, 1.165) is 37.6 Å². The van der Waals surface area contributed by atoms with Crippen molar-refractivity contribution in [1.82, 2.24) is 10.2 Å². The Kier molecular flexibility index (Phi) is 4.09. The summed E-state index contributed by atoms with van der Waals surface area (Å²) >= 11 is 0. The highest BCUT2D eigenvalue weighted by atomic mass is 16.7. The highest BCUT2D eigenvalue weighted by Crippen LogP contribution is 2.34. The minimum atomic E-state index is -0.390. The predicted octanol–water partition coefficient (Wildman–Crippen LogP) is 2.22. The topological polar surface area (TPSA) is 80.2 Å². The van der Waals surface area contributed by atoms with E-state index in [-0.39, 0.29) is 11.5 Å². The van der Waals surface area contributed by atoms with Crippen LogP contribution in [0.5, 0.6) is 0 Å². The van der Waals surface area contributed by atoms with Crippen LogP contribution in [0.1, 0.15) is 30.1 Å². The summed E-state index contributed by atoms with van der Waals surface area (Å²) in [5.74, 6) is 2.38. The lowest BCUT2D eigenvalue weighted by Gasteiger charge is -2.21. The molecule has 0 saturated carbocycles. The minimum absolute atomic E-state index is 0.201. The van der Waals surface area contributed by atoms with Gasteiger partial charge in [-0.05, 0) is 31.2 Å². The first-order chi connectivity index (χ1) is 12.1. The molecule has 1 atom stereocenters. The summed E-state index contributed by atoms with van der Waals surface area (Å²) in [5, 5.41) is 6.86. The van der Waals surface area contributed by atoms with Gasteiger partial charge in [-0.15, -0.1) is 0 Å². The van der Waals surface area contributed by atoms with Crippen molar-refractivity contribution in [2.45, 2.75) is 38.5 Å². The monoisotopic (exact) mass is 343 g/mol. The van der Waals surface area contributed by atoms with Crippen molar-refractivity contribution in [2.75, 3.05) is 13.1 Å². The summed E-state index contributed by atoms with van der Waals surface area (Å²) in [6.07, 6.45) is 2.97. The van der Waals surface area contributed by atoms with E-state index < -0.39 is 0 Å². The number of likely N-dealkylation sites (tertiary alicyclic amines) is 1. The summed E-state index contributed by atoms with van der Waals surface area (Å²) in [7, 11) is 0. The molecule has 1 amide bonds. The number of carbonyl (C=O) groups excluding carboxylic acids is 1. The van der Waals surface area contributed by atoms with Gasteiger partial charge >= 0.3 is 0 Å². The van der Waals surface area contributed by atoms with Gasteiger partial charge in [-0.25, -0.2) is 0 Å². The molecule has 4 rings (SSSR count). The smallest absolute Gasteiger partial charge is 0.269 e. The molecular formula is C18H21N3O4. The molecule has 2 aromatic heterocycles. The maximum Gasteiger partial charge on any atom is 0.269 e. The number of nitrogens with one attached hydrogen (secondary N) is 1. The quantitative estimate of drug-likeness (QED) is 0.900. The van der Waals surface area contributed by atoms with Crippen molar-refractivity contribution in [3.8, 4) is 0 Å². The minimum Gasteiger partial charge on any atom is -0.467 e. The lowest BCUT2D eigenvalue weighted by atomic mass is 9.96. The third kappa shape index (κ3) is 3.46. The molecule has 7 heteroatoms. The van der Waals surface area contributed by atoms with Crippen molar-refractivity contribution < 1.29 is 18.5 Å². The molecule has 7 nitrogen and oxygen atoms in total. The van der Waals surface area contributed by atoms with Crippen molar-refractivity contribution in [1.29, 1.82) is 0 Å². The van der Waals surface area contributed by atoms with Crippen LogP contribution in [0.15, 0.2) is 44.5 Å². The summed E-state index contributed by atoms with van der Waals surface area (Å²) in [4.78, 5) is 20.2. The van der Waals surface area contributed by atoms with E-state index in [4.69, 9.17) is 13.7 Å². The van der Waals surface area contributed by atoms with Gasteiger partial charge in [0, 0.05) is 25.9 Å². The van der Waals surface area contributed by atoms with E-state index in [1.54, 1.807) is 12.3 Å². The van der Waals surface area contributed by atoms with E-state index in [0.29, 0.717) is 24.4 Å². The van der Waals surface area contributed by atoms with E-state index in [1.165, 1.54) is 0 Å². The maximum atomic E-state index is 12.3. The Labute approximate surface area is 145 Å². The van der Waals surface area contributed by atoms with E-state index in [1.807, 2.05) is 25.1 Å². The zero-order valence-corrected chi connectivity index (χ0v) is 14.2. The van der Waals surface area contributed by atoms with Gasteiger partial charge in [-0.3, -0.25) is 9.69 Å². The first-order valence-electron chi connectivity index (χ1n) is 8.45. The van der Waals surface area contributed by atoms with Gasteiger partial charge in [0.15, 0.2) is 5.60 Å². The maximum absolute atomic E-state index is 12.3. The number of carbonyl (C=O) groups is 1. The van der Waals surface area contributed by atoms with Crippen molar-refractivity contribution >= 4 is 11.6 Å². The molecule has 0 unspecified atom stereocenters. The number of oxime groups is 1. The van der Waals surface area contributed by atoms with Crippen LogP contribution in [-0.2, 0) is 22.7 Å². The van der Waals surface area contributed by atoms with Crippen molar-refractivity contribution in [3.63, 3.8) is 0 Å². The summed E-state index contributed by atoms with van der Waals surface area (Å²) in [6.45, 7) is 4.68.